The maximum absolute atomic E-state index is 6.51. The van der Waals surface area contributed by atoms with Crippen LogP contribution in [0.25, 0.3) is 44.3 Å². The number of hydrogen-bond acceptors (Lipinski definition) is 2. The zero-order valence-electron chi connectivity index (χ0n) is 29.3. The molecule has 0 fully saturated rings. The summed E-state index contributed by atoms with van der Waals surface area (Å²) in [4.78, 5) is 4.88. The molecule has 0 aliphatic carbocycles. The predicted octanol–water partition coefficient (Wildman–Crippen LogP) is 10.9. The molecule has 248 valence electrons. The number of nitrogens with zero attached hydrogens (tertiary/aromatic N) is 4. The van der Waals surface area contributed by atoms with Crippen LogP contribution in [0.5, 0.6) is 11.5 Å². The molecule has 3 heterocycles. The topological polar surface area (TPSA) is 36.9 Å². The minimum atomic E-state index is -0.0727. The van der Waals surface area contributed by atoms with Crippen molar-refractivity contribution >= 4 is 32.8 Å². The summed E-state index contributed by atoms with van der Waals surface area (Å²) in [7, 11) is 0. The van der Waals surface area contributed by atoms with Gasteiger partial charge in [-0.2, -0.15) is 12.1 Å². The number of para-hydroxylation sites is 2. The van der Waals surface area contributed by atoms with Crippen LogP contribution in [0.3, 0.4) is 0 Å². The molecule has 4 aromatic carbocycles. The van der Waals surface area contributed by atoms with E-state index in [1.54, 1.807) is 0 Å². The number of rotatable bonds is 4. The van der Waals surface area contributed by atoms with Crippen LogP contribution in [0.15, 0.2) is 97.5 Å². The number of hydrogen-bond donors (Lipinski definition) is 0. The Labute approximate surface area is 298 Å². The van der Waals surface area contributed by atoms with E-state index in [0.29, 0.717) is 11.5 Å². The molecule has 0 saturated carbocycles. The van der Waals surface area contributed by atoms with Gasteiger partial charge in [0.25, 0.3) is 0 Å². The molecular weight excluding hydrogens is 772 g/mol. The van der Waals surface area contributed by atoms with Crippen LogP contribution in [0, 0.1) is 12.1 Å². The van der Waals surface area contributed by atoms with Gasteiger partial charge in [0.1, 0.15) is 5.82 Å². The standard InChI is InChI=1S/C42H43N4O.Pt/c1-40(2,3)28-17-19-33-34-20-18-32(26-38(34)46(37(33)23-28)39-24-29(21-22-43-39)41(4,5)6)47-31-14-12-13-30(25-31)44-27-45(42(7,8)9)36-16-11-10-15-35(36)44;/h10-24,27H,1-9H3;/q-1;. The molecule has 0 spiro atoms. The van der Waals surface area contributed by atoms with Gasteiger partial charge in [-0.15, -0.1) is 29.7 Å². The van der Waals surface area contributed by atoms with E-state index in [2.05, 4.69) is 161 Å². The summed E-state index contributed by atoms with van der Waals surface area (Å²) in [5.41, 5.74) is 7.67. The van der Waals surface area contributed by atoms with Crippen molar-refractivity contribution in [3.63, 3.8) is 0 Å². The maximum atomic E-state index is 6.51. The number of pyridine rings is 1. The normalized spacial score (nSPS) is 12.5. The van der Waals surface area contributed by atoms with Gasteiger partial charge in [0, 0.05) is 62.1 Å². The van der Waals surface area contributed by atoms with Gasteiger partial charge in [0.15, 0.2) is 17.4 Å². The van der Waals surface area contributed by atoms with Crippen LogP contribution in [-0.2, 0) is 37.4 Å². The van der Waals surface area contributed by atoms with E-state index in [-0.39, 0.29) is 37.4 Å². The molecule has 48 heavy (non-hydrogen) atoms. The summed E-state index contributed by atoms with van der Waals surface area (Å²) in [6.07, 6.45) is 4.07. The van der Waals surface area contributed by atoms with Crippen molar-refractivity contribution in [1.29, 1.82) is 0 Å². The van der Waals surface area contributed by atoms with Crippen molar-refractivity contribution in [3.05, 3.63) is 121 Å². The fraction of sp³-hybridized carbons (Fsp3) is 0.286. The Balaban J connectivity index is 0.00000401. The Morgan fingerprint density at radius 3 is 2.02 bits per heavy atom. The van der Waals surface area contributed by atoms with E-state index in [9.17, 15) is 0 Å². The summed E-state index contributed by atoms with van der Waals surface area (Å²) in [6.45, 7) is 20.1. The van der Waals surface area contributed by atoms with E-state index in [1.807, 2.05) is 24.4 Å². The molecular formula is C42H43N4OPt-. The molecule has 0 unspecified atom stereocenters. The third-order valence-electron chi connectivity index (χ3n) is 8.94. The zero-order valence-corrected chi connectivity index (χ0v) is 31.5. The predicted molar refractivity (Wildman–Crippen MR) is 194 cm³/mol. The van der Waals surface area contributed by atoms with E-state index < -0.39 is 0 Å². The SMILES string of the molecule is CC(C)(C)c1ccnc(-n2c3[c-]c(Oc4[c-]c(-n5[cH+]n(C(C)(C)C)c6ccccc65)ccc4)ccc3c3ccc(C(C)(C)C)cc32)c1.[Pt]. The minimum Gasteiger partial charge on any atom is -0.508 e. The van der Waals surface area contributed by atoms with Crippen molar-refractivity contribution in [2.24, 2.45) is 0 Å². The summed E-state index contributed by atoms with van der Waals surface area (Å²) < 4.78 is 13.2. The average Bonchev–Trinajstić information content (AvgIpc) is 3.56. The van der Waals surface area contributed by atoms with Gasteiger partial charge in [0.05, 0.1) is 5.54 Å². The molecule has 0 radical (unpaired) electrons. The van der Waals surface area contributed by atoms with Crippen molar-refractivity contribution in [2.75, 3.05) is 0 Å². The Morgan fingerprint density at radius 2 is 1.31 bits per heavy atom. The summed E-state index contributed by atoms with van der Waals surface area (Å²) in [6, 6.07) is 36.9. The van der Waals surface area contributed by atoms with Gasteiger partial charge in [0.2, 0.25) is 0 Å². The van der Waals surface area contributed by atoms with Crippen LogP contribution >= 0.6 is 0 Å². The van der Waals surface area contributed by atoms with E-state index in [0.717, 1.165) is 33.4 Å². The van der Waals surface area contributed by atoms with Crippen molar-refractivity contribution in [1.82, 2.24) is 18.7 Å². The van der Waals surface area contributed by atoms with E-state index in [1.165, 1.54) is 22.0 Å². The maximum Gasteiger partial charge on any atom is 0.188 e. The smallest absolute Gasteiger partial charge is 0.188 e. The third kappa shape index (κ3) is 6.10. The van der Waals surface area contributed by atoms with Crippen LogP contribution < -0.4 is 4.74 Å². The molecule has 0 N–H and O–H groups in total. The molecule has 0 amide bonds. The molecule has 0 saturated heterocycles. The monoisotopic (exact) mass is 814 g/mol. The van der Waals surface area contributed by atoms with Crippen LogP contribution in [0.2, 0.25) is 0 Å². The zero-order chi connectivity index (χ0) is 33.3. The molecule has 7 aromatic rings. The number of aromatic nitrogens is 4. The van der Waals surface area contributed by atoms with Gasteiger partial charge in [-0.25, -0.2) is 14.1 Å². The Morgan fingerprint density at radius 1 is 0.646 bits per heavy atom. The van der Waals surface area contributed by atoms with Gasteiger partial charge in [-0.3, -0.25) is 0 Å². The van der Waals surface area contributed by atoms with Gasteiger partial charge >= 0.3 is 0 Å². The molecule has 5 nitrogen and oxygen atoms in total. The van der Waals surface area contributed by atoms with Crippen LogP contribution in [0.1, 0.15) is 73.4 Å². The van der Waals surface area contributed by atoms with Crippen LogP contribution in [-0.4, -0.2) is 18.7 Å². The fourth-order valence-electron chi connectivity index (χ4n) is 6.29. The molecule has 6 heteroatoms. The molecule has 7 rings (SSSR count). The molecule has 0 aliphatic rings. The van der Waals surface area contributed by atoms with E-state index in [4.69, 9.17) is 9.72 Å². The van der Waals surface area contributed by atoms with Crippen molar-refractivity contribution < 1.29 is 25.8 Å². The van der Waals surface area contributed by atoms with Crippen molar-refractivity contribution in [2.45, 2.75) is 78.7 Å². The largest absolute Gasteiger partial charge is 0.508 e. The quantitative estimate of drug-likeness (QED) is 0.166. The first-order valence-corrected chi connectivity index (χ1v) is 16.4. The third-order valence-corrected chi connectivity index (χ3v) is 8.94. The Kier molecular flexibility index (Phi) is 8.45. The van der Waals surface area contributed by atoms with Crippen molar-refractivity contribution in [3.8, 4) is 23.0 Å². The first kappa shape index (κ1) is 33.7. The number of imidazole rings is 1. The number of fused-ring (bicyclic) bond motifs is 4. The first-order valence-electron chi connectivity index (χ1n) is 16.4. The molecule has 0 atom stereocenters. The van der Waals surface area contributed by atoms with Gasteiger partial charge in [-0.05, 0) is 78.4 Å². The average molecular weight is 815 g/mol. The Hall–Kier alpha value is -4.21. The first-order chi connectivity index (χ1) is 22.2. The van der Waals surface area contributed by atoms with Crippen LogP contribution in [0.4, 0.5) is 0 Å². The summed E-state index contributed by atoms with van der Waals surface area (Å²) >= 11 is 0. The summed E-state index contributed by atoms with van der Waals surface area (Å²) in [5, 5.41) is 2.28. The second kappa shape index (κ2) is 12.0. The second-order valence-corrected chi connectivity index (χ2v) is 15.6. The number of ether oxygens (including phenoxy) is 1. The van der Waals surface area contributed by atoms with Gasteiger partial charge < -0.3 is 9.30 Å². The molecule has 0 aliphatic heterocycles. The van der Waals surface area contributed by atoms with Gasteiger partial charge in [-0.1, -0.05) is 65.3 Å². The van der Waals surface area contributed by atoms with E-state index >= 15 is 0 Å². The molecule has 3 aromatic heterocycles. The number of benzene rings is 4. The summed E-state index contributed by atoms with van der Waals surface area (Å²) in [5.74, 6) is 2.13. The Bertz CT molecular complexity index is 2290. The minimum absolute atomic E-state index is 0. The second-order valence-electron chi connectivity index (χ2n) is 15.6. The fourth-order valence-corrected chi connectivity index (χ4v) is 6.29. The molecule has 0 bridgehead atoms.